The zero-order chi connectivity index (χ0) is 28.9. The second-order valence-electron chi connectivity index (χ2n) is 11.6. The quantitative estimate of drug-likeness (QED) is 0.263. The number of carbonyl (C=O) groups excluding carboxylic acids is 1. The number of amides is 1. The highest BCUT2D eigenvalue weighted by atomic mass is 19.1. The van der Waals surface area contributed by atoms with Crippen LogP contribution in [0.2, 0.25) is 0 Å². The summed E-state index contributed by atoms with van der Waals surface area (Å²) in [6.45, 7) is 13.5. The van der Waals surface area contributed by atoms with E-state index < -0.39 is 0 Å². The van der Waals surface area contributed by atoms with Crippen LogP contribution >= 0.6 is 0 Å². The van der Waals surface area contributed by atoms with Gasteiger partial charge >= 0.3 is 0 Å². The third-order valence-corrected chi connectivity index (χ3v) is 8.06. The molecule has 214 valence electrons. The Morgan fingerprint density at radius 2 is 1.82 bits per heavy atom. The number of fused-ring (bicyclic) bond motifs is 1. The summed E-state index contributed by atoms with van der Waals surface area (Å²) in [6.07, 6.45) is 6.50. The first-order valence-electron chi connectivity index (χ1n) is 14.6. The number of halogens is 1. The monoisotopic (exact) mass is 546 g/mol. The van der Waals surface area contributed by atoms with Crippen molar-refractivity contribution >= 4 is 17.4 Å². The molecule has 4 rings (SSSR count). The van der Waals surface area contributed by atoms with Gasteiger partial charge in [-0.3, -0.25) is 4.79 Å². The highest BCUT2D eigenvalue weighted by Gasteiger charge is 2.39. The number of anilines is 2. The minimum atomic E-state index is -0.283. The number of nitrogens with one attached hydrogen (secondary N) is 1. The van der Waals surface area contributed by atoms with Gasteiger partial charge in [0.05, 0.1) is 6.54 Å². The summed E-state index contributed by atoms with van der Waals surface area (Å²) >= 11 is 0. The van der Waals surface area contributed by atoms with Crippen molar-refractivity contribution in [1.82, 2.24) is 9.97 Å². The normalized spacial score (nSPS) is 17.6. The molecule has 0 radical (unpaired) electrons. The summed E-state index contributed by atoms with van der Waals surface area (Å²) < 4.78 is 20.5. The fraction of sp³-hybridized carbons (Fsp3) is 0.485. The van der Waals surface area contributed by atoms with Gasteiger partial charge in [-0.25, -0.2) is 14.4 Å². The van der Waals surface area contributed by atoms with Crippen molar-refractivity contribution in [3.8, 4) is 17.0 Å². The Bertz CT molecular complexity index is 1300. The van der Waals surface area contributed by atoms with Crippen molar-refractivity contribution in [3.63, 3.8) is 0 Å². The molecule has 0 saturated carbocycles. The lowest BCUT2D eigenvalue weighted by Crippen LogP contribution is -2.46. The number of aromatic nitrogens is 2. The number of hydrogen-bond acceptors (Lipinski definition) is 5. The maximum atomic E-state index is 14.4. The fourth-order valence-electron chi connectivity index (χ4n) is 6.04. The van der Waals surface area contributed by atoms with E-state index in [9.17, 15) is 9.18 Å². The SMILES string of the molecule is CCCCC(C)(Nc1ncnc2c1C(=O)N(c1ccc(-c3ccccc3F)cc1)CC(C)O2)C(CCC)C(C)C. The number of carbonyl (C=O) groups is 1. The smallest absolute Gasteiger partial charge is 0.267 e. The van der Waals surface area contributed by atoms with Crippen LogP contribution in [0.3, 0.4) is 0 Å². The van der Waals surface area contributed by atoms with E-state index >= 15 is 0 Å². The molecule has 2 aromatic carbocycles. The zero-order valence-electron chi connectivity index (χ0n) is 24.7. The van der Waals surface area contributed by atoms with Crippen molar-refractivity contribution in [2.24, 2.45) is 11.8 Å². The Morgan fingerprint density at radius 3 is 2.48 bits per heavy atom. The lowest BCUT2D eigenvalue weighted by atomic mass is 9.73. The van der Waals surface area contributed by atoms with E-state index in [1.165, 1.54) is 12.4 Å². The molecule has 40 heavy (non-hydrogen) atoms. The molecule has 1 aliphatic heterocycles. The molecule has 0 fully saturated rings. The van der Waals surface area contributed by atoms with Crippen LogP contribution < -0.4 is 15.0 Å². The lowest BCUT2D eigenvalue weighted by Gasteiger charge is -2.42. The summed E-state index contributed by atoms with van der Waals surface area (Å²) in [5.74, 6) is 1.19. The van der Waals surface area contributed by atoms with Gasteiger partial charge in [0.25, 0.3) is 5.91 Å². The van der Waals surface area contributed by atoms with Gasteiger partial charge in [0, 0.05) is 16.8 Å². The Labute approximate surface area is 238 Å². The third-order valence-electron chi connectivity index (χ3n) is 8.06. The number of nitrogens with zero attached hydrogens (tertiary/aromatic N) is 3. The second kappa shape index (κ2) is 12.8. The van der Waals surface area contributed by atoms with E-state index in [0.717, 1.165) is 37.7 Å². The molecular weight excluding hydrogens is 503 g/mol. The summed E-state index contributed by atoms with van der Waals surface area (Å²) in [5.41, 5.74) is 2.08. The maximum absolute atomic E-state index is 14.4. The molecule has 0 spiro atoms. The molecule has 0 bridgehead atoms. The Balaban J connectivity index is 1.72. The van der Waals surface area contributed by atoms with Gasteiger partial charge in [0.1, 0.15) is 29.6 Å². The molecule has 6 nitrogen and oxygen atoms in total. The minimum Gasteiger partial charge on any atom is -0.472 e. The molecule has 3 atom stereocenters. The van der Waals surface area contributed by atoms with Crippen LogP contribution in [0, 0.1) is 17.7 Å². The van der Waals surface area contributed by atoms with Gasteiger partial charge in [-0.1, -0.05) is 77.3 Å². The second-order valence-corrected chi connectivity index (χ2v) is 11.6. The number of ether oxygens (including phenoxy) is 1. The number of hydrogen-bond donors (Lipinski definition) is 1. The molecular formula is C33H43FN4O2. The molecule has 1 aliphatic rings. The van der Waals surface area contributed by atoms with Gasteiger partial charge in [0.15, 0.2) is 0 Å². The van der Waals surface area contributed by atoms with Gasteiger partial charge in [-0.2, -0.15) is 0 Å². The van der Waals surface area contributed by atoms with Crippen molar-refractivity contribution < 1.29 is 13.9 Å². The molecule has 3 aromatic rings. The minimum absolute atomic E-state index is 0.212. The third kappa shape index (κ3) is 6.29. The van der Waals surface area contributed by atoms with E-state index in [1.807, 2.05) is 37.3 Å². The number of rotatable bonds is 11. The first-order valence-corrected chi connectivity index (χ1v) is 14.6. The van der Waals surface area contributed by atoms with Crippen molar-refractivity contribution in [1.29, 1.82) is 0 Å². The molecule has 0 aliphatic carbocycles. The zero-order valence-corrected chi connectivity index (χ0v) is 24.7. The van der Waals surface area contributed by atoms with Crippen LogP contribution in [-0.4, -0.2) is 34.1 Å². The number of unbranched alkanes of at least 4 members (excludes halogenated alkanes) is 1. The standard InChI is InChI=1S/C33H43FN4O2/c1-7-9-19-33(6,27(12-8-2)22(3)4)37-30-29-31(36-21-35-30)40-23(5)20-38(32(29)39)25-17-15-24(16-18-25)26-13-10-11-14-28(26)34/h10-11,13-18,21-23,27H,7-9,12,19-20H2,1-6H3,(H,35,36,37). The van der Waals surface area contributed by atoms with Crippen molar-refractivity contribution in [3.05, 3.63) is 66.2 Å². The van der Waals surface area contributed by atoms with Crippen LogP contribution in [0.4, 0.5) is 15.9 Å². The van der Waals surface area contributed by atoms with Gasteiger partial charge in [-0.15, -0.1) is 0 Å². The van der Waals surface area contributed by atoms with Gasteiger partial charge in [0.2, 0.25) is 5.88 Å². The van der Waals surface area contributed by atoms with Crippen LogP contribution in [0.15, 0.2) is 54.9 Å². The molecule has 7 heteroatoms. The first kappa shape index (κ1) is 29.5. The predicted molar refractivity (Wildman–Crippen MR) is 160 cm³/mol. The van der Waals surface area contributed by atoms with Crippen LogP contribution in [-0.2, 0) is 0 Å². The van der Waals surface area contributed by atoms with Gasteiger partial charge in [-0.05, 0) is 62.3 Å². The molecule has 0 saturated heterocycles. The Hall–Kier alpha value is -3.48. The highest BCUT2D eigenvalue weighted by molar-refractivity contribution is 6.11. The van der Waals surface area contributed by atoms with E-state index in [-0.39, 0.29) is 23.4 Å². The average molecular weight is 547 g/mol. The van der Waals surface area contributed by atoms with Crippen molar-refractivity contribution in [2.45, 2.75) is 85.3 Å². The molecule has 1 aromatic heterocycles. The Morgan fingerprint density at radius 1 is 1.10 bits per heavy atom. The van der Waals surface area contributed by atoms with E-state index in [4.69, 9.17) is 4.74 Å². The van der Waals surface area contributed by atoms with E-state index in [0.29, 0.717) is 46.9 Å². The number of benzene rings is 2. The van der Waals surface area contributed by atoms with Gasteiger partial charge < -0.3 is 15.0 Å². The van der Waals surface area contributed by atoms with Crippen LogP contribution in [0.25, 0.3) is 11.1 Å². The molecule has 2 heterocycles. The molecule has 1 amide bonds. The summed E-state index contributed by atoms with van der Waals surface area (Å²) in [7, 11) is 0. The maximum Gasteiger partial charge on any atom is 0.267 e. The van der Waals surface area contributed by atoms with Crippen LogP contribution in [0.5, 0.6) is 5.88 Å². The Kier molecular flexibility index (Phi) is 9.44. The summed E-state index contributed by atoms with van der Waals surface area (Å²) in [4.78, 5) is 24.9. The highest BCUT2D eigenvalue weighted by Crippen LogP contribution is 2.39. The topological polar surface area (TPSA) is 67.4 Å². The molecule has 3 unspecified atom stereocenters. The predicted octanol–water partition coefficient (Wildman–Crippen LogP) is 8.14. The van der Waals surface area contributed by atoms with Crippen molar-refractivity contribution in [2.75, 3.05) is 16.8 Å². The van der Waals surface area contributed by atoms with E-state index in [1.54, 1.807) is 17.0 Å². The fourth-order valence-corrected chi connectivity index (χ4v) is 6.04. The summed E-state index contributed by atoms with van der Waals surface area (Å²) in [5, 5.41) is 3.75. The lowest BCUT2D eigenvalue weighted by molar-refractivity contribution is 0.0987. The van der Waals surface area contributed by atoms with Crippen LogP contribution in [0.1, 0.15) is 84.0 Å². The summed E-state index contributed by atoms with van der Waals surface area (Å²) in [6, 6.07) is 14.1. The van der Waals surface area contributed by atoms with E-state index in [2.05, 4.69) is 49.9 Å². The first-order chi connectivity index (χ1) is 19.2. The average Bonchev–Trinajstić information content (AvgIpc) is 3.06. The molecule has 1 N–H and O–H groups in total. The largest absolute Gasteiger partial charge is 0.472 e.